The minimum Gasteiger partial charge on any atom is -0.351 e. The number of alkyl halides is 6. The van der Waals surface area contributed by atoms with Crippen molar-refractivity contribution in [1.29, 1.82) is 0 Å². The average molecular weight is 405 g/mol. The number of nitrogens with zero attached hydrogens (tertiary/aromatic N) is 1. The van der Waals surface area contributed by atoms with Crippen LogP contribution in [0.2, 0.25) is 0 Å². The van der Waals surface area contributed by atoms with Gasteiger partial charge in [-0.3, -0.25) is 0 Å². The summed E-state index contributed by atoms with van der Waals surface area (Å²) in [6, 6.07) is 4.95. The van der Waals surface area contributed by atoms with Gasteiger partial charge in [-0.15, -0.1) is 0 Å². The van der Waals surface area contributed by atoms with Crippen LogP contribution >= 0.6 is 0 Å². The number of amides is 4. The van der Waals surface area contributed by atoms with Crippen LogP contribution in [0.15, 0.2) is 48.5 Å². The number of primary amides is 1. The van der Waals surface area contributed by atoms with Crippen molar-refractivity contribution < 1.29 is 35.9 Å². The molecular weight excluding hydrogens is 392 g/mol. The minimum absolute atomic E-state index is 0.158. The quantitative estimate of drug-likeness (QED) is 0.718. The number of nitrogens with two attached hydrogens (primary N) is 1. The molecule has 2 rings (SSSR count). The number of rotatable bonds is 3. The molecule has 0 aliphatic carbocycles. The summed E-state index contributed by atoms with van der Waals surface area (Å²) in [5.74, 6) is 0. The monoisotopic (exact) mass is 405 g/mol. The molecule has 0 heterocycles. The number of imide groups is 1. The first-order chi connectivity index (χ1) is 12.9. The molecule has 0 radical (unpaired) electrons. The lowest BCUT2D eigenvalue weighted by Crippen LogP contribution is -2.42. The van der Waals surface area contributed by atoms with E-state index in [1.54, 1.807) is 0 Å². The van der Waals surface area contributed by atoms with E-state index in [2.05, 4.69) is 5.32 Å². The van der Waals surface area contributed by atoms with E-state index >= 15 is 0 Å². The molecule has 0 atom stereocenters. The van der Waals surface area contributed by atoms with Crippen molar-refractivity contribution in [2.45, 2.75) is 18.9 Å². The Morgan fingerprint density at radius 2 is 1.46 bits per heavy atom. The van der Waals surface area contributed by atoms with Crippen LogP contribution in [0, 0.1) is 0 Å². The number of benzene rings is 2. The molecule has 150 valence electrons. The standard InChI is InChI=1S/C17H13F6N3O2/c18-16(19,20)11-6-4-10(5-7-11)9-26(14(24)27)15(28)25-13-3-1-2-12(8-13)17(21,22)23/h1-8H,9H2,(H2,24,27)(H,25,28). The second-order valence-corrected chi connectivity index (χ2v) is 5.63. The highest BCUT2D eigenvalue weighted by Crippen LogP contribution is 2.31. The van der Waals surface area contributed by atoms with Gasteiger partial charge in [-0.05, 0) is 35.9 Å². The third-order valence-corrected chi connectivity index (χ3v) is 3.57. The van der Waals surface area contributed by atoms with Crippen LogP contribution in [0.25, 0.3) is 0 Å². The van der Waals surface area contributed by atoms with Gasteiger partial charge in [-0.1, -0.05) is 18.2 Å². The SMILES string of the molecule is NC(=O)N(Cc1ccc(C(F)(F)F)cc1)C(=O)Nc1cccc(C(F)(F)F)c1. The zero-order valence-corrected chi connectivity index (χ0v) is 13.9. The molecule has 5 nitrogen and oxygen atoms in total. The van der Waals surface area contributed by atoms with Crippen molar-refractivity contribution in [2.24, 2.45) is 5.73 Å². The zero-order valence-electron chi connectivity index (χ0n) is 13.9. The van der Waals surface area contributed by atoms with E-state index in [0.717, 1.165) is 36.4 Å². The van der Waals surface area contributed by atoms with Crippen molar-refractivity contribution in [1.82, 2.24) is 4.90 Å². The maximum Gasteiger partial charge on any atom is 0.416 e. The van der Waals surface area contributed by atoms with Crippen LogP contribution in [0.4, 0.5) is 41.6 Å². The van der Waals surface area contributed by atoms with Crippen LogP contribution in [0.5, 0.6) is 0 Å². The van der Waals surface area contributed by atoms with E-state index in [1.807, 2.05) is 0 Å². The molecule has 0 saturated carbocycles. The third-order valence-electron chi connectivity index (χ3n) is 3.57. The van der Waals surface area contributed by atoms with E-state index in [4.69, 9.17) is 5.73 Å². The summed E-state index contributed by atoms with van der Waals surface area (Å²) in [5.41, 5.74) is 3.09. The van der Waals surface area contributed by atoms with E-state index < -0.39 is 42.1 Å². The van der Waals surface area contributed by atoms with Crippen molar-refractivity contribution in [3.05, 3.63) is 65.2 Å². The first-order valence-corrected chi connectivity index (χ1v) is 7.59. The van der Waals surface area contributed by atoms with E-state index in [-0.39, 0.29) is 11.3 Å². The highest BCUT2D eigenvalue weighted by atomic mass is 19.4. The summed E-state index contributed by atoms with van der Waals surface area (Å²) in [5, 5.41) is 2.10. The van der Waals surface area contributed by atoms with Gasteiger partial charge >= 0.3 is 24.4 Å². The third kappa shape index (κ3) is 5.38. The van der Waals surface area contributed by atoms with Crippen molar-refractivity contribution >= 4 is 17.7 Å². The number of hydrogen-bond donors (Lipinski definition) is 2. The second-order valence-electron chi connectivity index (χ2n) is 5.63. The average Bonchev–Trinajstić information content (AvgIpc) is 2.58. The molecule has 0 fully saturated rings. The summed E-state index contributed by atoms with van der Waals surface area (Å²) in [4.78, 5) is 24.2. The van der Waals surface area contributed by atoms with Crippen molar-refractivity contribution in [2.75, 3.05) is 5.32 Å². The predicted octanol–water partition coefficient (Wildman–Crippen LogP) is 4.84. The van der Waals surface area contributed by atoms with Gasteiger partial charge < -0.3 is 11.1 Å². The van der Waals surface area contributed by atoms with Gasteiger partial charge in [0.15, 0.2) is 0 Å². The fourth-order valence-corrected chi connectivity index (χ4v) is 2.20. The number of urea groups is 2. The zero-order chi connectivity index (χ0) is 21.1. The van der Waals surface area contributed by atoms with Gasteiger partial charge in [0.25, 0.3) is 0 Å². The topological polar surface area (TPSA) is 75.4 Å². The number of halogens is 6. The molecular formula is C17H13F6N3O2. The molecule has 0 unspecified atom stereocenters. The number of carbonyl (C=O) groups excluding carboxylic acids is 2. The largest absolute Gasteiger partial charge is 0.416 e. The highest BCUT2D eigenvalue weighted by molar-refractivity contribution is 6.00. The van der Waals surface area contributed by atoms with Crippen LogP contribution < -0.4 is 11.1 Å². The molecule has 0 bridgehead atoms. The Kier molecular flexibility index (Phi) is 5.86. The molecule has 3 N–H and O–H groups in total. The fourth-order valence-electron chi connectivity index (χ4n) is 2.20. The normalized spacial score (nSPS) is 11.8. The van der Waals surface area contributed by atoms with E-state index in [9.17, 15) is 35.9 Å². The lowest BCUT2D eigenvalue weighted by Gasteiger charge is -2.20. The molecule has 2 aromatic rings. The molecule has 11 heteroatoms. The lowest BCUT2D eigenvalue weighted by molar-refractivity contribution is -0.138. The Morgan fingerprint density at radius 3 is 1.96 bits per heavy atom. The van der Waals surface area contributed by atoms with Crippen LogP contribution in [-0.4, -0.2) is 17.0 Å². The molecule has 0 aliphatic heterocycles. The highest BCUT2D eigenvalue weighted by Gasteiger charge is 2.31. The lowest BCUT2D eigenvalue weighted by atomic mass is 10.1. The first-order valence-electron chi connectivity index (χ1n) is 7.59. The summed E-state index contributed by atoms with van der Waals surface area (Å²) in [7, 11) is 0. The number of nitrogens with one attached hydrogen (secondary N) is 1. The molecule has 2 aromatic carbocycles. The maximum absolute atomic E-state index is 12.7. The molecule has 4 amide bonds. The van der Waals surface area contributed by atoms with Gasteiger partial charge in [0.2, 0.25) is 0 Å². The van der Waals surface area contributed by atoms with Crippen molar-refractivity contribution in [3.8, 4) is 0 Å². The fraction of sp³-hybridized carbons (Fsp3) is 0.176. The van der Waals surface area contributed by atoms with Gasteiger partial charge in [-0.25, -0.2) is 14.5 Å². The summed E-state index contributed by atoms with van der Waals surface area (Å²) < 4.78 is 75.9. The molecule has 0 saturated heterocycles. The Labute approximate surface area is 154 Å². The van der Waals surface area contributed by atoms with Gasteiger partial charge in [0.05, 0.1) is 17.7 Å². The van der Waals surface area contributed by atoms with Crippen molar-refractivity contribution in [3.63, 3.8) is 0 Å². The summed E-state index contributed by atoms with van der Waals surface area (Å²) in [6.45, 7) is -0.474. The van der Waals surface area contributed by atoms with Gasteiger partial charge in [0.1, 0.15) is 0 Å². The maximum atomic E-state index is 12.7. The molecule has 28 heavy (non-hydrogen) atoms. The van der Waals surface area contributed by atoms with Crippen LogP contribution in [0.3, 0.4) is 0 Å². The second kappa shape index (κ2) is 7.79. The molecule has 0 spiro atoms. The predicted molar refractivity (Wildman–Crippen MR) is 87.0 cm³/mol. The van der Waals surface area contributed by atoms with Crippen LogP contribution in [0.1, 0.15) is 16.7 Å². The van der Waals surface area contributed by atoms with Crippen LogP contribution in [-0.2, 0) is 18.9 Å². The molecule has 0 aromatic heterocycles. The smallest absolute Gasteiger partial charge is 0.351 e. The van der Waals surface area contributed by atoms with E-state index in [1.165, 1.54) is 6.07 Å². The number of carbonyl (C=O) groups is 2. The Morgan fingerprint density at radius 1 is 0.893 bits per heavy atom. The summed E-state index contributed by atoms with van der Waals surface area (Å²) >= 11 is 0. The molecule has 0 aliphatic rings. The van der Waals surface area contributed by atoms with Gasteiger partial charge in [0, 0.05) is 5.69 Å². The Bertz CT molecular complexity index is 862. The Balaban J connectivity index is 2.16. The van der Waals surface area contributed by atoms with Gasteiger partial charge in [-0.2, -0.15) is 26.3 Å². The number of hydrogen-bond acceptors (Lipinski definition) is 2. The van der Waals surface area contributed by atoms with E-state index in [0.29, 0.717) is 11.0 Å². The Hall–Kier alpha value is -3.24. The summed E-state index contributed by atoms with van der Waals surface area (Å²) in [6.07, 6.45) is -9.19. The number of anilines is 1. The minimum atomic E-state index is -4.63. The first kappa shape index (κ1) is 21.1.